The number of carbonyl (C=O) groups excluding carboxylic acids is 1. The molecule has 0 amide bonds. The number of carbonyl (C=O) groups is 1. The summed E-state index contributed by atoms with van der Waals surface area (Å²) in [6.07, 6.45) is 7.78. The lowest BCUT2D eigenvalue weighted by atomic mass is 9.94. The Morgan fingerprint density at radius 1 is 0.906 bits per heavy atom. The van der Waals surface area contributed by atoms with Crippen molar-refractivity contribution in [1.29, 1.82) is 0 Å². The van der Waals surface area contributed by atoms with Crippen LogP contribution in [0.15, 0.2) is 76.5 Å². The first-order valence-corrected chi connectivity index (χ1v) is 12.2. The van der Waals surface area contributed by atoms with E-state index >= 15 is 0 Å². The highest BCUT2D eigenvalue weighted by atomic mass is 32.2. The summed E-state index contributed by atoms with van der Waals surface area (Å²) in [6.45, 7) is 2.21. The lowest BCUT2D eigenvalue weighted by molar-refractivity contribution is 0.0598. The topological polar surface area (TPSA) is 46.5 Å². The van der Waals surface area contributed by atoms with Gasteiger partial charge in [0.2, 0.25) is 0 Å². The standard InChI is InChI=1S/C28H32O3S/c1-3-4-5-6-7-10-17-22-20-24(32-23-18-13-9-14-19-23)25(21-15-11-8-12-16-21)26(27(22)29)28(30)31-2/h8-9,11-16,18-20,29H,3-7,10,17H2,1-2H3. The van der Waals surface area contributed by atoms with E-state index in [-0.39, 0.29) is 11.3 Å². The van der Waals surface area contributed by atoms with E-state index < -0.39 is 5.97 Å². The summed E-state index contributed by atoms with van der Waals surface area (Å²) in [6, 6.07) is 21.9. The van der Waals surface area contributed by atoms with Gasteiger partial charge in [-0.25, -0.2) is 4.79 Å². The first-order valence-electron chi connectivity index (χ1n) is 11.4. The smallest absolute Gasteiger partial charge is 0.342 e. The van der Waals surface area contributed by atoms with Gasteiger partial charge in [-0.1, -0.05) is 99.3 Å². The van der Waals surface area contributed by atoms with Crippen molar-refractivity contribution in [2.45, 2.75) is 61.7 Å². The van der Waals surface area contributed by atoms with Crippen molar-refractivity contribution in [3.8, 4) is 16.9 Å². The fourth-order valence-corrected chi connectivity index (χ4v) is 4.95. The van der Waals surface area contributed by atoms with Gasteiger partial charge in [0.05, 0.1) is 7.11 Å². The van der Waals surface area contributed by atoms with Crippen molar-refractivity contribution in [3.05, 3.63) is 77.9 Å². The molecule has 3 aromatic rings. The molecule has 3 rings (SSSR count). The number of hydrogen-bond acceptors (Lipinski definition) is 4. The van der Waals surface area contributed by atoms with Crippen LogP contribution in [0.4, 0.5) is 0 Å². The van der Waals surface area contributed by atoms with Crippen molar-refractivity contribution in [2.24, 2.45) is 0 Å². The highest BCUT2D eigenvalue weighted by Crippen LogP contribution is 2.44. The van der Waals surface area contributed by atoms with Crippen molar-refractivity contribution < 1.29 is 14.6 Å². The van der Waals surface area contributed by atoms with Crippen LogP contribution in [0.3, 0.4) is 0 Å². The molecular formula is C28H32O3S. The van der Waals surface area contributed by atoms with Crippen molar-refractivity contribution in [2.75, 3.05) is 7.11 Å². The van der Waals surface area contributed by atoms with Gasteiger partial charge in [-0.2, -0.15) is 0 Å². The average Bonchev–Trinajstić information content (AvgIpc) is 2.83. The van der Waals surface area contributed by atoms with Crippen molar-refractivity contribution >= 4 is 17.7 Å². The van der Waals surface area contributed by atoms with Gasteiger partial charge in [0.15, 0.2) is 0 Å². The fraction of sp³-hybridized carbons (Fsp3) is 0.321. The minimum atomic E-state index is -0.513. The molecule has 0 aromatic heterocycles. The van der Waals surface area contributed by atoms with Crippen LogP contribution in [0.5, 0.6) is 5.75 Å². The molecule has 4 heteroatoms. The minimum absolute atomic E-state index is 0.0432. The predicted octanol–water partition coefficient (Wildman–Crippen LogP) is 7.90. The zero-order valence-corrected chi connectivity index (χ0v) is 19.8. The number of aromatic hydroxyl groups is 1. The Kier molecular flexibility index (Phi) is 9.24. The van der Waals surface area contributed by atoms with Crippen LogP contribution in [-0.2, 0) is 11.2 Å². The number of aryl methyl sites for hydroxylation is 1. The maximum atomic E-state index is 12.8. The Hall–Kier alpha value is -2.72. The molecule has 168 valence electrons. The molecular weight excluding hydrogens is 416 g/mol. The van der Waals surface area contributed by atoms with Crippen LogP contribution in [0.1, 0.15) is 61.4 Å². The van der Waals surface area contributed by atoms with Crippen LogP contribution < -0.4 is 0 Å². The van der Waals surface area contributed by atoms with E-state index in [0.717, 1.165) is 45.7 Å². The van der Waals surface area contributed by atoms with Gasteiger partial charge >= 0.3 is 5.97 Å². The lowest BCUT2D eigenvalue weighted by Crippen LogP contribution is -2.07. The van der Waals surface area contributed by atoms with E-state index in [1.54, 1.807) is 11.8 Å². The average molecular weight is 449 g/mol. The van der Waals surface area contributed by atoms with Crippen molar-refractivity contribution in [1.82, 2.24) is 0 Å². The van der Waals surface area contributed by atoms with Crippen molar-refractivity contribution in [3.63, 3.8) is 0 Å². The number of unbranched alkanes of at least 4 members (excludes halogenated alkanes) is 5. The summed E-state index contributed by atoms with van der Waals surface area (Å²) in [5.74, 6) is -0.470. The van der Waals surface area contributed by atoms with E-state index in [0.29, 0.717) is 0 Å². The largest absolute Gasteiger partial charge is 0.507 e. The van der Waals surface area contributed by atoms with E-state index in [9.17, 15) is 9.90 Å². The molecule has 0 fully saturated rings. The van der Waals surface area contributed by atoms with Crippen LogP contribution in [0.25, 0.3) is 11.1 Å². The van der Waals surface area contributed by atoms with Crippen LogP contribution in [-0.4, -0.2) is 18.2 Å². The third kappa shape index (κ3) is 6.17. The number of rotatable bonds is 11. The molecule has 0 atom stereocenters. The zero-order valence-electron chi connectivity index (χ0n) is 19.0. The molecule has 3 aromatic carbocycles. The Bertz CT molecular complexity index is 1000. The zero-order chi connectivity index (χ0) is 22.8. The summed E-state index contributed by atoms with van der Waals surface area (Å²) < 4.78 is 5.10. The number of methoxy groups -OCH3 is 1. The Morgan fingerprint density at radius 2 is 1.53 bits per heavy atom. The Morgan fingerprint density at radius 3 is 2.19 bits per heavy atom. The second-order valence-corrected chi connectivity index (χ2v) is 9.04. The normalized spacial score (nSPS) is 10.8. The second-order valence-electron chi connectivity index (χ2n) is 7.92. The van der Waals surface area contributed by atoms with Gasteiger partial charge < -0.3 is 9.84 Å². The molecule has 0 aliphatic rings. The van der Waals surface area contributed by atoms with Crippen LogP contribution >= 0.6 is 11.8 Å². The van der Waals surface area contributed by atoms with Crippen LogP contribution in [0.2, 0.25) is 0 Å². The summed E-state index contributed by atoms with van der Waals surface area (Å²) in [5.41, 5.74) is 2.66. The molecule has 32 heavy (non-hydrogen) atoms. The van der Waals surface area contributed by atoms with E-state index in [4.69, 9.17) is 4.74 Å². The number of esters is 1. The molecule has 0 heterocycles. The molecule has 0 bridgehead atoms. The van der Waals surface area contributed by atoms with Gasteiger partial charge in [-0.15, -0.1) is 0 Å². The summed E-state index contributed by atoms with van der Waals surface area (Å²) in [4.78, 5) is 14.9. The molecule has 0 unspecified atom stereocenters. The number of phenolic OH excluding ortho intramolecular Hbond substituents is 1. The monoisotopic (exact) mass is 448 g/mol. The molecule has 0 aliphatic carbocycles. The minimum Gasteiger partial charge on any atom is -0.507 e. The number of ether oxygens (including phenoxy) is 1. The molecule has 0 spiro atoms. The summed E-state index contributed by atoms with van der Waals surface area (Å²) in [5, 5.41) is 11.2. The Balaban J connectivity index is 2.03. The number of phenols is 1. The highest BCUT2D eigenvalue weighted by molar-refractivity contribution is 7.99. The number of hydrogen-bond donors (Lipinski definition) is 1. The second kappa shape index (κ2) is 12.4. The van der Waals surface area contributed by atoms with Gasteiger partial charge in [-0.3, -0.25) is 0 Å². The maximum absolute atomic E-state index is 12.8. The maximum Gasteiger partial charge on any atom is 0.342 e. The molecule has 0 aliphatic heterocycles. The van der Waals surface area contributed by atoms with Crippen LogP contribution in [0, 0.1) is 0 Å². The third-order valence-electron chi connectivity index (χ3n) is 5.57. The quantitative estimate of drug-likeness (QED) is 0.239. The molecule has 0 saturated heterocycles. The molecule has 0 radical (unpaired) electrons. The Labute approximate surface area is 195 Å². The lowest BCUT2D eigenvalue weighted by Gasteiger charge is -2.18. The predicted molar refractivity (Wildman–Crippen MR) is 133 cm³/mol. The first-order chi connectivity index (χ1) is 15.7. The third-order valence-corrected chi connectivity index (χ3v) is 6.62. The first kappa shape index (κ1) is 23.9. The molecule has 3 nitrogen and oxygen atoms in total. The number of benzene rings is 3. The van der Waals surface area contributed by atoms with Gasteiger partial charge in [-0.05, 0) is 42.2 Å². The van der Waals surface area contributed by atoms with Gasteiger partial charge in [0.1, 0.15) is 11.3 Å². The SMILES string of the molecule is CCCCCCCCc1cc(Sc2ccccc2)c(-c2ccccc2)c(C(=O)OC)c1O. The molecule has 1 N–H and O–H groups in total. The van der Waals surface area contributed by atoms with E-state index in [2.05, 4.69) is 19.1 Å². The summed E-state index contributed by atoms with van der Waals surface area (Å²) >= 11 is 1.61. The van der Waals surface area contributed by atoms with E-state index in [1.165, 1.54) is 32.8 Å². The highest BCUT2D eigenvalue weighted by Gasteiger charge is 2.25. The molecule has 0 saturated carbocycles. The fourth-order valence-electron chi connectivity index (χ4n) is 3.88. The van der Waals surface area contributed by atoms with Gasteiger partial charge in [0, 0.05) is 15.4 Å². The van der Waals surface area contributed by atoms with Gasteiger partial charge in [0.25, 0.3) is 0 Å². The van der Waals surface area contributed by atoms with E-state index in [1.807, 2.05) is 54.6 Å². The summed E-state index contributed by atoms with van der Waals surface area (Å²) in [7, 11) is 1.36.